The molecule has 0 fully saturated rings. The molecule has 0 aromatic carbocycles. The van der Waals surface area contributed by atoms with Gasteiger partial charge in [0.05, 0.1) is 20.0 Å². The van der Waals surface area contributed by atoms with Crippen molar-refractivity contribution >= 4 is 55.3 Å². The number of carbonyl (C=O) groups is 3. The largest absolute Gasteiger partial charge is 0.480 e. The molecule has 0 aliphatic heterocycles. The van der Waals surface area contributed by atoms with Gasteiger partial charge in [-0.1, -0.05) is 166 Å². The van der Waals surface area contributed by atoms with Crippen LogP contribution in [-0.4, -0.2) is 89.3 Å². The zero-order chi connectivity index (χ0) is 45.2. The van der Waals surface area contributed by atoms with Crippen molar-refractivity contribution in [2.24, 2.45) is 5.73 Å². The van der Waals surface area contributed by atoms with Crippen molar-refractivity contribution in [3.8, 4) is 0 Å². The number of allylic oxidation sites excluding steroid dienone is 6. The second-order valence-electron chi connectivity index (χ2n) is 13.9. The van der Waals surface area contributed by atoms with E-state index in [1.807, 2.05) is 0 Å². The average molecular weight is 828 g/mol. The molecule has 0 aromatic rings. The monoisotopic (exact) mass is 828 g/mol. The molecule has 0 spiro atoms. The Morgan fingerprint density at radius 2 is 1.11 bits per heavy atom. The molecule has 0 rings (SSSR count). The van der Waals surface area contributed by atoms with E-state index in [-0.39, 0.29) is 48.8 Å². The van der Waals surface area contributed by atoms with Gasteiger partial charge in [0.1, 0.15) is 12.6 Å². The number of phosphoric ester groups is 1. The molecule has 3 atom stereocenters. The second kappa shape index (κ2) is 41.8. The van der Waals surface area contributed by atoms with Crippen molar-refractivity contribution in [2.75, 3.05) is 19.7 Å². The molecular weight excluding hydrogens is 744 g/mol. The third kappa shape index (κ3) is 40.9. The molecule has 0 aliphatic rings. The summed E-state index contributed by atoms with van der Waals surface area (Å²) in [5.41, 5.74) is 5.28. The first-order chi connectivity index (χ1) is 28.4. The quantitative estimate of drug-likeness (QED) is 0.0176. The Morgan fingerprint density at radius 3 is 1.61 bits per heavy atom. The molecule has 0 aromatic heterocycles. The van der Waals surface area contributed by atoms with E-state index < -0.39 is 57.6 Å². The van der Waals surface area contributed by atoms with Gasteiger partial charge >= 0.3 is 25.7 Å². The predicted octanol–water partition coefficient (Wildman–Crippen LogP) is 10.8. The van der Waals surface area contributed by atoms with Crippen molar-refractivity contribution in [1.82, 2.24) is 0 Å². The summed E-state index contributed by atoms with van der Waals surface area (Å²) < 4.78 is 73.5. The first kappa shape index (κ1) is 47.4. The normalized spacial score (nSPS) is 16.2. The minimum absolute atomic E-state index is 0. The molecule has 1 unspecified atom stereocenters. The van der Waals surface area contributed by atoms with Gasteiger partial charge in [-0.05, 0) is 44.9 Å². The van der Waals surface area contributed by atoms with Crippen molar-refractivity contribution in [2.45, 2.75) is 199 Å². The van der Waals surface area contributed by atoms with E-state index >= 15 is 0 Å². The van der Waals surface area contributed by atoms with Gasteiger partial charge in [-0.15, -0.1) is 0 Å². The number of unbranched alkanes of at least 4 members (excludes halogenated alkanes) is 20. The number of carbonyl (C=O) groups excluding carboxylic acids is 2. The number of rotatable bonds is 40. The molecule has 56 heavy (non-hydrogen) atoms. The molecule has 11 nitrogen and oxygen atoms in total. The van der Waals surface area contributed by atoms with Crippen molar-refractivity contribution in [3.05, 3.63) is 36.5 Å². The zero-order valence-corrected chi connectivity index (χ0v) is 37.9. The van der Waals surface area contributed by atoms with Gasteiger partial charge in [0.2, 0.25) is 0 Å². The Labute approximate surface area is 369 Å². The number of carboxylic acid groups (broad SMARTS) is 1. The van der Waals surface area contributed by atoms with Gasteiger partial charge in [0.25, 0.3) is 0 Å². The minimum Gasteiger partial charge on any atom is -0.480 e. The topological polar surface area (TPSA) is 172 Å². The fourth-order valence-electron chi connectivity index (χ4n) is 5.46. The van der Waals surface area contributed by atoms with E-state index in [4.69, 9.17) is 27.2 Å². The van der Waals surface area contributed by atoms with Crippen LogP contribution in [0, 0.1) is 0 Å². The van der Waals surface area contributed by atoms with Gasteiger partial charge in [0.15, 0.2) is 6.08 Å². The van der Waals surface area contributed by atoms with E-state index in [1.165, 1.54) is 51.4 Å². The summed E-state index contributed by atoms with van der Waals surface area (Å²) in [7, 11) is -5.60. The molecule has 13 heteroatoms. The number of aliphatic carboxylic acids is 1. The Kier molecular flexibility index (Phi) is 35.4. The standard InChI is InChI=1S/C43H78NO10P.Na/c1-3-5-7-9-11-13-15-17-19-20-21-23-25-27-29-31-33-35-42(46)54-39(37-52-55(49,50)53-38-40(44)43(47)48)36-51-41(45)34-32-30-28-26-24-22-18-16-14-12-10-8-6-4-2;/h5,7,11,13,17,19,39-40H,3-4,6,8-10,12,14-16,18,20-38,44H2,1-2H3,(H,47,48)(H,49,50);/b7-5-,13-11-,19-17-;/t39-,40+;/m1./s1/i36D2,37D2,39D;. The van der Waals surface area contributed by atoms with E-state index in [0.717, 1.165) is 83.5 Å². The Balaban J connectivity index is 0. The molecule has 0 heterocycles. The fourth-order valence-corrected chi connectivity index (χ4v) is 6.06. The van der Waals surface area contributed by atoms with Crippen LogP contribution < -0.4 is 5.73 Å². The first-order valence-corrected chi connectivity index (χ1v) is 22.5. The van der Waals surface area contributed by atoms with E-state index in [1.54, 1.807) is 0 Å². The molecule has 0 saturated heterocycles. The fraction of sp³-hybridized carbons (Fsp3) is 0.791. The molecule has 0 bridgehead atoms. The SMILES string of the molecule is [2H]C([2H])(OC(=O)CCCCCCCCCCCCCCCC)[C@@]([2H])(OC(=O)CCCCCCCCC/C=C\C/C=C\C/C=C\CC)C([2H])([2H])OP(=O)(O)OC[C@H](N)C(=O)O.[Na]. The van der Waals surface area contributed by atoms with Crippen LogP contribution in [0.25, 0.3) is 0 Å². The molecular formula is C43H78NNaO10P. The maximum absolute atomic E-state index is 12.9. The summed E-state index contributed by atoms with van der Waals surface area (Å²) in [6, 6.07) is -1.81. The average Bonchev–Trinajstić information content (AvgIpc) is 3.17. The molecule has 0 amide bonds. The third-order valence-electron chi connectivity index (χ3n) is 8.73. The summed E-state index contributed by atoms with van der Waals surface area (Å²) in [6.45, 7) is -4.50. The van der Waals surface area contributed by atoms with Gasteiger partial charge in [0, 0.05) is 42.4 Å². The van der Waals surface area contributed by atoms with Crippen LogP contribution in [0.2, 0.25) is 0 Å². The van der Waals surface area contributed by atoms with E-state index in [9.17, 15) is 23.8 Å². The summed E-state index contributed by atoms with van der Waals surface area (Å²) in [5.74, 6) is -3.98. The van der Waals surface area contributed by atoms with Crippen LogP contribution in [0.5, 0.6) is 0 Å². The predicted molar refractivity (Wildman–Crippen MR) is 227 cm³/mol. The summed E-state index contributed by atoms with van der Waals surface area (Å²) in [5, 5.41) is 8.94. The smallest absolute Gasteiger partial charge is 0.472 e. The zero-order valence-electron chi connectivity index (χ0n) is 40.0. The van der Waals surface area contributed by atoms with Gasteiger partial charge in [-0.25, -0.2) is 4.57 Å². The van der Waals surface area contributed by atoms with Crippen LogP contribution in [-0.2, 0) is 37.5 Å². The second-order valence-corrected chi connectivity index (χ2v) is 15.3. The number of ether oxygens (including phenoxy) is 2. The molecule has 321 valence electrons. The van der Waals surface area contributed by atoms with Crippen LogP contribution >= 0.6 is 7.82 Å². The maximum atomic E-state index is 12.9. The van der Waals surface area contributed by atoms with E-state index in [0.29, 0.717) is 19.3 Å². The van der Waals surface area contributed by atoms with Crippen LogP contribution in [0.3, 0.4) is 0 Å². The van der Waals surface area contributed by atoms with Crippen LogP contribution in [0.4, 0.5) is 0 Å². The van der Waals surface area contributed by atoms with Crippen molar-refractivity contribution in [3.63, 3.8) is 0 Å². The number of hydrogen-bond acceptors (Lipinski definition) is 9. The van der Waals surface area contributed by atoms with Crippen molar-refractivity contribution in [1.29, 1.82) is 0 Å². The first-order valence-electron chi connectivity index (χ1n) is 23.5. The summed E-state index contributed by atoms with van der Waals surface area (Å²) in [4.78, 5) is 46.9. The number of nitrogens with two attached hydrogens (primary N) is 1. The molecule has 1 radical (unpaired) electrons. The van der Waals surface area contributed by atoms with Gasteiger partial charge in [-0.2, -0.15) is 0 Å². The van der Waals surface area contributed by atoms with Gasteiger partial charge < -0.3 is 25.2 Å². The van der Waals surface area contributed by atoms with Crippen LogP contribution in [0.15, 0.2) is 36.5 Å². The third-order valence-corrected chi connectivity index (χ3v) is 9.53. The molecule has 0 saturated carbocycles. The van der Waals surface area contributed by atoms with Gasteiger partial charge in [-0.3, -0.25) is 23.4 Å². The summed E-state index contributed by atoms with van der Waals surface area (Å²) >= 11 is 0. The number of esters is 2. The minimum atomic E-state index is -5.60. The summed E-state index contributed by atoms with van der Waals surface area (Å²) in [6.07, 6.45) is 33.2. The maximum Gasteiger partial charge on any atom is 0.472 e. The Hall–Kier alpha value is -1.30. The Morgan fingerprint density at radius 1 is 0.661 bits per heavy atom. The van der Waals surface area contributed by atoms with Crippen molar-refractivity contribution < 1.29 is 54.3 Å². The number of hydrogen-bond donors (Lipinski definition) is 3. The Bertz CT molecular complexity index is 1310. The molecule has 0 aliphatic carbocycles. The number of carboxylic acids is 1. The number of phosphoric acid groups is 1. The van der Waals surface area contributed by atoms with E-state index in [2.05, 4.69) is 59.4 Å². The van der Waals surface area contributed by atoms with Crippen LogP contribution in [0.1, 0.15) is 194 Å². The molecule has 4 N–H and O–H groups in total.